The Kier molecular flexibility index (Phi) is 5.20. The van der Waals surface area contributed by atoms with Crippen LogP contribution in [0.4, 0.5) is 0 Å². The minimum absolute atomic E-state index is 0.0419. The SMILES string of the molecule is CC1=C(C(=O)OC(C)C)[C@H](c2ccc(Cl)cc2)N2C(=O)CCSC2=N1. The molecule has 132 valence electrons. The molecule has 1 aromatic rings. The Bertz CT molecular complexity index is 771. The molecule has 2 aliphatic rings. The van der Waals surface area contributed by atoms with Gasteiger partial charge in [-0.2, -0.15) is 0 Å². The van der Waals surface area contributed by atoms with Gasteiger partial charge in [-0.05, 0) is 38.5 Å². The first kappa shape index (κ1) is 18.0. The van der Waals surface area contributed by atoms with Gasteiger partial charge in [0, 0.05) is 17.2 Å². The highest BCUT2D eigenvalue weighted by Gasteiger charge is 2.41. The number of allylic oxidation sites excluding steroid dienone is 1. The molecule has 7 heteroatoms. The van der Waals surface area contributed by atoms with Gasteiger partial charge in [-0.15, -0.1) is 0 Å². The number of ether oxygens (including phenoxy) is 1. The molecule has 0 aliphatic carbocycles. The topological polar surface area (TPSA) is 59.0 Å². The molecule has 1 atom stereocenters. The number of esters is 1. The molecule has 2 aliphatic heterocycles. The number of nitrogens with zero attached hydrogens (tertiary/aromatic N) is 2. The van der Waals surface area contributed by atoms with Gasteiger partial charge in [0.25, 0.3) is 0 Å². The molecule has 1 aromatic carbocycles. The second-order valence-corrected chi connectivity index (χ2v) is 7.66. The number of carbonyl (C=O) groups excluding carboxylic acids is 2. The van der Waals surface area contributed by atoms with Crippen molar-refractivity contribution in [3.05, 3.63) is 46.1 Å². The van der Waals surface area contributed by atoms with Crippen molar-refractivity contribution in [2.45, 2.75) is 39.3 Å². The van der Waals surface area contributed by atoms with Crippen molar-refractivity contribution in [2.24, 2.45) is 4.99 Å². The van der Waals surface area contributed by atoms with Crippen LogP contribution in [0.3, 0.4) is 0 Å². The van der Waals surface area contributed by atoms with Gasteiger partial charge in [-0.1, -0.05) is 35.5 Å². The van der Waals surface area contributed by atoms with Gasteiger partial charge in [0.05, 0.1) is 23.4 Å². The predicted molar refractivity (Wildman–Crippen MR) is 99.5 cm³/mol. The Morgan fingerprint density at radius 3 is 2.68 bits per heavy atom. The molecule has 5 nitrogen and oxygen atoms in total. The number of aliphatic imine (C=N–C) groups is 1. The molecule has 3 rings (SSSR count). The molecule has 0 N–H and O–H groups in total. The van der Waals surface area contributed by atoms with Gasteiger partial charge in [-0.3, -0.25) is 9.69 Å². The summed E-state index contributed by atoms with van der Waals surface area (Å²) in [5.74, 6) is 0.207. The zero-order valence-corrected chi connectivity index (χ0v) is 15.9. The number of thioether (sulfide) groups is 1. The first-order chi connectivity index (χ1) is 11.9. The largest absolute Gasteiger partial charge is 0.459 e. The van der Waals surface area contributed by atoms with Crippen LogP contribution in [0.15, 0.2) is 40.5 Å². The monoisotopic (exact) mass is 378 g/mol. The van der Waals surface area contributed by atoms with Crippen LogP contribution < -0.4 is 0 Å². The van der Waals surface area contributed by atoms with Crippen LogP contribution in [0.5, 0.6) is 0 Å². The highest BCUT2D eigenvalue weighted by Crippen LogP contribution is 2.40. The van der Waals surface area contributed by atoms with E-state index in [-0.39, 0.29) is 12.0 Å². The van der Waals surface area contributed by atoms with Gasteiger partial charge in [0.2, 0.25) is 5.91 Å². The second-order valence-electron chi connectivity index (χ2n) is 6.16. The van der Waals surface area contributed by atoms with E-state index in [9.17, 15) is 9.59 Å². The van der Waals surface area contributed by atoms with Crippen LogP contribution in [0.2, 0.25) is 5.02 Å². The normalized spacial score (nSPS) is 20.5. The van der Waals surface area contributed by atoms with Crippen molar-refractivity contribution in [2.75, 3.05) is 5.75 Å². The molecule has 1 saturated heterocycles. The fraction of sp³-hybridized carbons (Fsp3) is 0.389. The van der Waals surface area contributed by atoms with Crippen molar-refractivity contribution >= 4 is 40.4 Å². The lowest BCUT2D eigenvalue weighted by Crippen LogP contribution is -2.46. The van der Waals surface area contributed by atoms with Crippen LogP contribution in [0.1, 0.15) is 38.8 Å². The number of benzene rings is 1. The summed E-state index contributed by atoms with van der Waals surface area (Å²) in [7, 11) is 0. The summed E-state index contributed by atoms with van der Waals surface area (Å²) < 4.78 is 5.41. The highest BCUT2D eigenvalue weighted by molar-refractivity contribution is 8.14. The zero-order chi connectivity index (χ0) is 18.1. The first-order valence-electron chi connectivity index (χ1n) is 8.09. The third-order valence-corrected chi connectivity index (χ3v) is 5.16. The Hall–Kier alpha value is -1.79. The van der Waals surface area contributed by atoms with Crippen LogP contribution in [-0.2, 0) is 14.3 Å². The van der Waals surface area contributed by atoms with E-state index in [1.807, 2.05) is 12.1 Å². The quantitative estimate of drug-likeness (QED) is 0.747. The van der Waals surface area contributed by atoms with Crippen molar-refractivity contribution in [3.8, 4) is 0 Å². The fourth-order valence-corrected chi connectivity index (χ4v) is 4.03. The van der Waals surface area contributed by atoms with Crippen molar-refractivity contribution in [1.82, 2.24) is 4.90 Å². The third kappa shape index (κ3) is 3.60. The van der Waals surface area contributed by atoms with E-state index in [0.29, 0.717) is 33.6 Å². The summed E-state index contributed by atoms with van der Waals surface area (Å²) in [6.07, 6.45) is 0.162. The fourth-order valence-electron chi connectivity index (χ4n) is 2.90. The first-order valence-corrected chi connectivity index (χ1v) is 9.45. The van der Waals surface area contributed by atoms with Crippen LogP contribution in [0, 0.1) is 0 Å². The summed E-state index contributed by atoms with van der Waals surface area (Å²) in [5, 5.41) is 1.23. The van der Waals surface area contributed by atoms with E-state index in [1.165, 1.54) is 11.8 Å². The number of fused-ring (bicyclic) bond motifs is 1. The maximum atomic E-state index is 12.7. The maximum Gasteiger partial charge on any atom is 0.338 e. The van der Waals surface area contributed by atoms with E-state index < -0.39 is 12.0 Å². The zero-order valence-electron chi connectivity index (χ0n) is 14.3. The number of hydrogen-bond donors (Lipinski definition) is 0. The molecule has 0 saturated carbocycles. The van der Waals surface area contributed by atoms with E-state index in [4.69, 9.17) is 16.3 Å². The van der Waals surface area contributed by atoms with Gasteiger partial charge in [-0.25, -0.2) is 9.79 Å². The molecule has 25 heavy (non-hydrogen) atoms. The lowest BCUT2D eigenvalue weighted by molar-refractivity contribution is -0.143. The predicted octanol–water partition coefficient (Wildman–Crippen LogP) is 3.94. The van der Waals surface area contributed by atoms with Crippen LogP contribution in [0.25, 0.3) is 0 Å². The van der Waals surface area contributed by atoms with Crippen molar-refractivity contribution in [3.63, 3.8) is 0 Å². The number of amidine groups is 1. The highest BCUT2D eigenvalue weighted by atomic mass is 35.5. The molecule has 0 radical (unpaired) electrons. The smallest absolute Gasteiger partial charge is 0.338 e. The van der Waals surface area contributed by atoms with Crippen molar-refractivity contribution < 1.29 is 14.3 Å². The molecule has 1 amide bonds. The molecular weight excluding hydrogens is 360 g/mol. The molecule has 2 heterocycles. The lowest BCUT2D eigenvalue weighted by Gasteiger charge is -2.39. The average molecular weight is 379 g/mol. The average Bonchev–Trinajstić information content (AvgIpc) is 2.53. The van der Waals surface area contributed by atoms with Gasteiger partial charge < -0.3 is 4.74 Å². The standard InChI is InChI=1S/C18H19ClN2O3S/c1-10(2)24-17(23)15-11(3)20-18-21(14(22)8-9-25-18)16(15)12-4-6-13(19)7-5-12/h4-7,10,16H,8-9H2,1-3H3/t16-/m0/s1. The number of rotatable bonds is 3. The Labute approximate surface area is 156 Å². The van der Waals surface area contributed by atoms with Crippen molar-refractivity contribution in [1.29, 1.82) is 0 Å². The summed E-state index contributed by atoms with van der Waals surface area (Å²) >= 11 is 7.53. The molecular formula is C18H19ClN2O3S. The Morgan fingerprint density at radius 1 is 1.36 bits per heavy atom. The van der Waals surface area contributed by atoms with E-state index in [1.54, 1.807) is 37.8 Å². The minimum atomic E-state index is -0.545. The van der Waals surface area contributed by atoms with Crippen LogP contribution in [-0.4, -0.2) is 33.8 Å². The van der Waals surface area contributed by atoms with Gasteiger partial charge >= 0.3 is 5.97 Å². The summed E-state index contributed by atoms with van der Waals surface area (Å²) in [4.78, 5) is 31.4. The lowest BCUT2D eigenvalue weighted by atomic mass is 9.94. The van der Waals surface area contributed by atoms with E-state index in [2.05, 4.69) is 4.99 Å². The minimum Gasteiger partial charge on any atom is -0.459 e. The van der Waals surface area contributed by atoms with Crippen LogP contribution >= 0.6 is 23.4 Å². The molecule has 0 bridgehead atoms. The summed E-state index contributed by atoms with van der Waals surface area (Å²) in [6.45, 7) is 5.37. The molecule has 0 spiro atoms. The van der Waals surface area contributed by atoms with E-state index in [0.717, 1.165) is 5.56 Å². The second kappa shape index (κ2) is 7.22. The number of hydrogen-bond acceptors (Lipinski definition) is 5. The molecule has 0 unspecified atom stereocenters. The third-order valence-electron chi connectivity index (χ3n) is 3.96. The van der Waals surface area contributed by atoms with Gasteiger partial charge in [0.15, 0.2) is 5.17 Å². The molecule has 0 aromatic heterocycles. The number of halogens is 1. The number of amides is 1. The molecule has 1 fully saturated rings. The van der Waals surface area contributed by atoms with Gasteiger partial charge in [0.1, 0.15) is 0 Å². The summed E-state index contributed by atoms with van der Waals surface area (Å²) in [6, 6.07) is 6.63. The number of carbonyl (C=O) groups is 2. The van der Waals surface area contributed by atoms with E-state index >= 15 is 0 Å². The summed E-state index contributed by atoms with van der Waals surface area (Å²) in [5.41, 5.74) is 1.79. The maximum absolute atomic E-state index is 12.7. The Morgan fingerprint density at radius 2 is 2.04 bits per heavy atom. The Balaban J connectivity index is 2.12.